The maximum atomic E-state index is 12.9. The fourth-order valence-electron chi connectivity index (χ4n) is 4.08. The maximum absolute atomic E-state index is 12.9. The van der Waals surface area contributed by atoms with Gasteiger partial charge in [-0.1, -0.05) is 44.0 Å². The number of amides is 1. The Labute approximate surface area is 144 Å². The molecule has 1 aromatic carbocycles. The molecule has 2 fully saturated rings. The van der Waals surface area contributed by atoms with Gasteiger partial charge in [-0.15, -0.1) is 0 Å². The minimum Gasteiger partial charge on any atom is -0.325 e. The van der Waals surface area contributed by atoms with Crippen LogP contribution in [-0.2, 0) is 14.4 Å². The van der Waals surface area contributed by atoms with Crippen molar-refractivity contribution < 1.29 is 14.4 Å². The fourth-order valence-corrected chi connectivity index (χ4v) is 4.38. The molecule has 4 nitrogen and oxygen atoms in total. The predicted octanol–water partition coefficient (Wildman–Crippen LogP) is 3.90. The molecule has 2 aliphatic rings. The monoisotopic (exact) mass is 353 g/mol. The third-order valence-corrected chi connectivity index (χ3v) is 6.85. The number of halogens is 2. The van der Waals surface area contributed by atoms with Crippen LogP contribution in [-0.4, -0.2) is 17.5 Å². The highest BCUT2D eigenvalue weighted by Crippen LogP contribution is 2.69. The summed E-state index contributed by atoms with van der Waals surface area (Å²) in [5.74, 6) is -1.45. The Morgan fingerprint density at radius 3 is 2.22 bits per heavy atom. The van der Waals surface area contributed by atoms with Crippen molar-refractivity contribution in [1.29, 1.82) is 0 Å². The number of carbonyl (C=O) groups is 3. The van der Waals surface area contributed by atoms with Crippen LogP contribution in [0.25, 0.3) is 0 Å². The Kier molecular flexibility index (Phi) is 3.44. The molecule has 2 bridgehead atoms. The van der Waals surface area contributed by atoms with Crippen LogP contribution in [0.1, 0.15) is 33.6 Å². The van der Waals surface area contributed by atoms with E-state index in [1.54, 1.807) is 19.1 Å². The number of anilines is 1. The van der Waals surface area contributed by atoms with Gasteiger partial charge in [-0.05, 0) is 36.5 Å². The largest absolute Gasteiger partial charge is 0.325 e. The van der Waals surface area contributed by atoms with Gasteiger partial charge in [-0.2, -0.15) is 0 Å². The highest BCUT2D eigenvalue weighted by atomic mass is 35.5. The molecule has 23 heavy (non-hydrogen) atoms. The molecule has 2 aliphatic carbocycles. The van der Waals surface area contributed by atoms with Crippen molar-refractivity contribution in [2.45, 2.75) is 33.6 Å². The first-order chi connectivity index (χ1) is 10.6. The minimum atomic E-state index is -1.31. The number of rotatable bonds is 2. The molecule has 2 unspecified atom stereocenters. The molecular weight excluding hydrogens is 337 g/mol. The number of hydrogen-bond acceptors (Lipinski definition) is 3. The first-order valence-electron chi connectivity index (χ1n) is 7.44. The molecule has 0 radical (unpaired) electrons. The summed E-state index contributed by atoms with van der Waals surface area (Å²) in [6.45, 7) is 5.45. The zero-order valence-electron chi connectivity index (χ0n) is 13.1. The molecule has 2 atom stereocenters. The van der Waals surface area contributed by atoms with E-state index in [9.17, 15) is 14.4 Å². The Hall–Kier alpha value is -1.39. The van der Waals surface area contributed by atoms with Crippen LogP contribution in [0.5, 0.6) is 0 Å². The molecule has 2 saturated carbocycles. The van der Waals surface area contributed by atoms with Gasteiger partial charge in [0, 0.05) is 11.1 Å². The molecule has 3 rings (SSSR count). The normalized spacial score (nSPS) is 31.5. The third kappa shape index (κ3) is 1.82. The van der Waals surface area contributed by atoms with E-state index < -0.39 is 33.7 Å². The lowest BCUT2D eigenvalue weighted by atomic mass is 9.64. The standard InChI is InChI=1S/C17H17Cl2NO3/c1-15(2)16(3)6-7-17(15,13(22)12(16)21)14(23)20-9-4-5-10(18)11(19)8-9/h4-5,8H,6-7H2,1-3H3,(H,20,23). The molecule has 1 N–H and O–H groups in total. The van der Waals surface area contributed by atoms with E-state index in [1.165, 1.54) is 6.07 Å². The zero-order chi connectivity index (χ0) is 17.2. The predicted molar refractivity (Wildman–Crippen MR) is 88.7 cm³/mol. The number of nitrogens with one attached hydrogen (secondary N) is 1. The van der Waals surface area contributed by atoms with E-state index in [0.717, 1.165) is 0 Å². The summed E-state index contributed by atoms with van der Waals surface area (Å²) in [6.07, 6.45) is 0.924. The average molecular weight is 354 g/mol. The molecule has 1 amide bonds. The average Bonchev–Trinajstić information content (AvgIpc) is 2.75. The van der Waals surface area contributed by atoms with Gasteiger partial charge in [0.2, 0.25) is 17.5 Å². The number of hydrogen-bond donors (Lipinski definition) is 1. The number of ketones is 2. The third-order valence-electron chi connectivity index (χ3n) is 6.11. The van der Waals surface area contributed by atoms with E-state index in [2.05, 4.69) is 5.32 Å². The van der Waals surface area contributed by atoms with Crippen molar-refractivity contribution in [2.24, 2.45) is 16.2 Å². The second-order valence-electron chi connectivity index (χ2n) is 7.10. The van der Waals surface area contributed by atoms with Gasteiger partial charge in [0.25, 0.3) is 0 Å². The van der Waals surface area contributed by atoms with Gasteiger partial charge in [-0.3, -0.25) is 14.4 Å². The summed E-state index contributed by atoms with van der Waals surface area (Å²) >= 11 is 11.8. The lowest BCUT2D eigenvalue weighted by molar-refractivity contribution is -0.147. The number of fused-ring (bicyclic) bond motifs is 2. The van der Waals surface area contributed by atoms with Crippen molar-refractivity contribution >= 4 is 46.4 Å². The molecular formula is C17H17Cl2NO3. The number of carbonyl (C=O) groups excluding carboxylic acids is 3. The smallest absolute Gasteiger partial charge is 0.239 e. The molecule has 0 heterocycles. The maximum Gasteiger partial charge on any atom is 0.239 e. The molecule has 1 aromatic rings. The van der Waals surface area contributed by atoms with Gasteiger partial charge in [0.05, 0.1) is 10.0 Å². The first kappa shape index (κ1) is 16.5. The summed E-state index contributed by atoms with van der Waals surface area (Å²) in [5.41, 5.74) is -2.37. The van der Waals surface area contributed by atoms with Crippen LogP contribution in [0, 0.1) is 16.2 Å². The summed E-state index contributed by atoms with van der Waals surface area (Å²) in [6, 6.07) is 4.72. The molecule has 0 spiro atoms. The summed E-state index contributed by atoms with van der Waals surface area (Å²) < 4.78 is 0. The van der Waals surface area contributed by atoms with Crippen LogP contribution >= 0.6 is 23.2 Å². The highest BCUT2D eigenvalue weighted by Gasteiger charge is 2.77. The molecule has 0 aromatic heterocycles. The Morgan fingerprint density at radius 2 is 1.70 bits per heavy atom. The fraction of sp³-hybridized carbons (Fsp3) is 0.471. The van der Waals surface area contributed by atoms with Crippen LogP contribution in [0.15, 0.2) is 18.2 Å². The lowest BCUT2D eigenvalue weighted by Gasteiger charge is -2.37. The Balaban J connectivity index is 2.00. The molecule has 0 aliphatic heterocycles. The zero-order valence-corrected chi connectivity index (χ0v) is 14.6. The summed E-state index contributed by atoms with van der Waals surface area (Å²) in [7, 11) is 0. The lowest BCUT2D eigenvalue weighted by Crippen LogP contribution is -2.47. The van der Waals surface area contributed by atoms with E-state index in [1.807, 2.05) is 13.8 Å². The van der Waals surface area contributed by atoms with Gasteiger partial charge in [-0.25, -0.2) is 0 Å². The first-order valence-corrected chi connectivity index (χ1v) is 8.19. The van der Waals surface area contributed by atoms with Crippen molar-refractivity contribution in [3.05, 3.63) is 28.2 Å². The van der Waals surface area contributed by atoms with Crippen LogP contribution < -0.4 is 5.32 Å². The molecule has 0 saturated heterocycles. The number of benzene rings is 1. The SMILES string of the molecule is CC12CCC(C(=O)Nc3ccc(Cl)c(Cl)c3)(C(=O)C1=O)C2(C)C. The van der Waals surface area contributed by atoms with E-state index >= 15 is 0 Å². The second kappa shape index (κ2) is 4.81. The van der Waals surface area contributed by atoms with Gasteiger partial charge < -0.3 is 5.32 Å². The summed E-state index contributed by atoms with van der Waals surface area (Å²) in [5, 5.41) is 3.43. The van der Waals surface area contributed by atoms with Crippen LogP contribution in [0.4, 0.5) is 5.69 Å². The van der Waals surface area contributed by atoms with Gasteiger partial charge in [0.15, 0.2) is 0 Å². The van der Waals surface area contributed by atoms with Gasteiger partial charge in [0.1, 0.15) is 5.41 Å². The molecule has 122 valence electrons. The van der Waals surface area contributed by atoms with Crippen molar-refractivity contribution in [3.63, 3.8) is 0 Å². The van der Waals surface area contributed by atoms with Crippen LogP contribution in [0.2, 0.25) is 10.0 Å². The Bertz CT molecular complexity index is 758. The Morgan fingerprint density at radius 1 is 1.04 bits per heavy atom. The van der Waals surface area contributed by atoms with E-state index in [0.29, 0.717) is 28.6 Å². The van der Waals surface area contributed by atoms with Crippen molar-refractivity contribution in [3.8, 4) is 0 Å². The van der Waals surface area contributed by atoms with Crippen molar-refractivity contribution in [1.82, 2.24) is 0 Å². The van der Waals surface area contributed by atoms with Crippen LogP contribution in [0.3, 0.4) is 0 Å². The molecule has 6 heteroatoms. The van der Waals surface area contributed by atoms with Gasteiger partial charge >= 0.3 is 0 Å². The quantitative estimate of drug-likeness (QED) is 0.647. The van der Waals surface area contributed by atoms with Crippen molar-refractivity contribution in [2.75, 3.05) is 5.32 Å². The summed E-state index contributed by atoms with van der Waals surface area (Å²) in [4.78, 5) is 37.9. The number of Topliss-reactive ketones (excluding diaryl/α,β-unsaturated/α-hetero) is 2. The topological polar surface area (TPSA) is 63.2 Å². The van der Waals surface area contributed by atoms with E-state index in [-0.39, 0.29) is 0 Å². The second-order valence-corrected chi connectivity index (χ2v) is 7.92. The highest BCUT2D eigenvalue weighted by molar-refractivity contribution is 6.49. The van der Waals surface area contributed by atoms with E-state index in [4.69, 9.17) is 23.2 Å². The minimum absolute atomic E-state index is 0.311.